The zero-order valence-electron chi connectivity index (χ0n) is 18.5. The van der Waals surface area contributed by atoms with Crippen molar-refractivity contribution >= 4 is 34.8 Å². The fourth-order valence-electron chi connectivity index (χ4n) is 3.71. The highest BCUT2D eigenvalue weighted by atomic mass is 35.5. The van der Waals surface area contributed by atoms with Gasteiger partial charge in [0.15, 0.2) is 0 Å². The number of nitrogens with one attached hydrogen (secondary N) is 2. The first kappa shape index (κ1) is 23.1. The van der Waals surface area contributed by atoms with Crippen molar-refractivity contribution < 1.29 is 14.3 Å². The van der Waals surface area contributed by atoms with Gasteiger partial charge in [-0.1, -0.05) is 84.4 Å². The maximum absolute atomic E-state index is 13.4. The Morgan fingerprint density at radius 1 is 0.765 bits per heavy atom. The minimum Gasteiger partial charge on any atom is -0.494 e. The van der Waals surface area contributed by atoms with Crippen molar-refractivity contribution in [3.05, 3.63) is 125 Å². The average Bonchev–Trinajstić information content (AvgIpc) is 2.86. The molecule has 0 spiro atoms. The minimum absolute atomic E-state index is 0.174. The van der Waals surface area contributed by atoms with Crippen LogP contribution in [0.5, 0.6) is 5.75 Å². The molecule has 34 heavy (non-hydrogen) atoms. The zero-order chi connectivity index (χ0) is 23.9. The lowest BCUT2D eigenvalue weighted by Gasteiger charge is -2.19. The van der Waals surface area contributed by atoms with Gasteiger partial charge in [0.2, 0.25) is 5.91 Å². The van der Waals surface area contributed by atoms with E-state index in [1.807, 2.05) is 60.7 Å². The molecule has 2 N–H and O–H groups in total. The lowest BCUT2D eigenvalue weighted by molar-refractivity contribution is -0.116. The van der Waals surface area contributed by atoms with Gasteiger partial charge < -0.3 is 15.4 Å². The highest BCUT2D eigenvalue weighted by Crippen LogP contribution is 2.31. The van der Waals surface area contributed by atoms with Crippen LogP contribution in [0, 0.1) is 0 Å². The van der Waals surface area contributed by atoms with Crippen molar-refractivity contribution in [1.82, 2.24) is 0 Å². The van der Waals surface area contributed by atoms with Gasteiger partial charge in [-0.25, -0.2) is 0 Å². The smallest absolute Gasteiger partial charge is 0.257 e. The Kier molecular flexibility index (Phi) is 7.25. The summed E-state index contributed by atoms with van der Waals surface area (Å²) in [4.78, 5) is 26.0. The molecule has 4 rings (SSSR count). The Hall–Kier alpha value is -4.09. The molecule has 0 aliphatic rings. The summed E-state index contributed by atoms with van der Waals surface area (Å²) in [5.74, 6) is -0.594. The molecule has 0 bridgehead atoms. The third-order valence-corrected chi connectivity index (χ3v) is 5.69. The Bertz CT molecular complexity index is 1250. The van der Waals surface area contributed by atoms with E-state index in [4.69, 9.17) is 16.3 Å². The number of halogens is 1. The maximum Gasteiger partial charge on any atom is 0.257 e. The van der Waals surface area contributed by atoms with E-state index in [1.54, 1.807) is 42.5 Å². The molecule has 0 atom stereocenters. The Morgan fingerprint density at radius 3 is 1.94 bits per heavy atom. The molecule has 0 aliphatic heterocycles. The topological polar surface area (TPSA) is 67.4 Å². The van der Waals surface area contributed by atoms with Crippen LogP contribution in [0.1, 0.15) is 27.4 Å². The molecule has 170 valence electrons. The fraction of sp³-hybridized carbons (Fsp3) is 0.0714. The lowest BCUT2D eigenvalue weighted by atomic mass is 9.90. The molecular weight excluding hydrogens is 448 g/mol. The first-order chi connectivity index (χ1) is 16.6. The monoisotopic (exact) mass is 470 g/mol. The van der Waals surface area contributed by atoms with E-state index in [0.717, 1.165) is 11.1 Å². The molecule has 0 saturated carbocycles. The van der Waals surface area contributed by atoms with Gasteiger partial charge in [0.05, 0.1) is 29.3 Å². The van der Waals surface area contributed by atoms with E-state index in [0.29, 0.717) is 27.7 Å². The summed E-state index contributed by atoms with van der Waals surface area (Å²) in [6.07, 6.45) is 0. The van der Waals surface area contributed by atoms with Crippen LogP contribution in [-0.4, -0.2) is 18.9 Å². The maximum atomic E-state index is 13.4. The summed E-state index contributed by atoms with van der Waals surface area (Å²) in [5.41, 5.74) is 3.16. The molecule has 6 heteroatoms. The van der Waals surface area contributed by atoms with Crippen LogP contribution in [0.4, 0.5) is 11.4 Å². The second kappa shape index (κ2) is 10.7. The van der Waals surface area contributed by atoms with Crippen molar-refractivity contribution in [2.24, 2.45) is 0 Å². The molecule has 0 saturated heterocycles. The van der Waals surface area contributed by atoms with Gasteiger partial charge in [-0.15, -0.1) is 0 Å². The number of ether oxygens (including phenoxy) is 1. The largest absolute Gasteiger partial charge is 0.494 e. The molecule has 5 nitrogen and oxygen atoms in total. The van der Waals surface area contributed by atoms with Crippen LogP contribution >= 0.6 is 11.6 Å². The zero-order valence-corrected chi connectivity index (χ0v) is 19.3. The van der Waals surface area contributed by atoms with Crippen LogP contribution < -0.4 is 15.4 Å². The lowest BCUT2D eigenvalue weighted by Crippen LogP contribution is -2.22. The van der Waals surface area contributed by atoms with Gasteiger partial charge in [-0.2, -0.15) is 0 Å². The number of hydrogen-bond acceptors (Lipinski definition) is 3. The number of benzene rings is 4. The number of hydrogen-bond donors (Lipinski definition) is 2. The predicted molar refractivity (Wildman–Crippen MR) is 136 cm³/mol. The molecule has 0 fully saturated rings. The van der Waals surface area contributed by atoms with Gasteiger partial charge >= 0.3 is 0 Å². The van der Waals surface area contributed by atoms with Crippen LogP contribution in [-0.2, 0) is 4.79 Å². The Labute approximate surface area is 203 Å². The van der Waals surface area contributed by atoms with E-state index >= 15 is 0 Å². The normalized spacial score (nSPS) is 10.6. The number of carbonyl (C=O) groups excluding carboxylic acids is 2. The Balaban J connectivity index is 1.57. The second-order valence-corrected chi connectivity index (χ2v) is 8.00. The SMILES string of the molecule is COc1cc(NC(=O)C(c2ccccc2)c2ccccc2)ccc1NC(=O)c1ccccc1Cl. The highest BCUT2D eigenvalue weighted by Gasteiger charge is 2.23. The molecule has 0 unspecified atom stereocenters. The summed E-state index contributed by atoms with van der Waals surface area (Å²) >= 11 is 6.13. The van der Waals surface area contributed by atoms with Crippen LogP contribution in [0.25, 0.3) is 0 Å². The summed E-state index contributed by atoms with van der Waals surface area (Å²) in [6.45, 7) is 0. The summed E-state index contributed by atoms with van der Waals surface area (Å²) in [7, 11) is 1.50. The number of methoxy groups -OCH3 is 1. The molecule has 4 aromatic carbocycles. The molecule has 0 radical (unpaired) electrons. The first-order valence-corrected chi connectivity index (χ1v) is 11.1. The van der Waals surface area contributed by atoms with E-state index < -0.39 is 5.92 Å². The molecule has 4 aromatic rings. The van der Waals surface area contributed by atoms with Gasteiger partial charge in [0.25, 0.3) is 5.91 Å². The number of amides is 2. The van der Waals surface area contributed by atoms with E-state index in [1.165, 1.54) is 7.11 Å². The van der Waals surface area contributed by atoms with Crippen LogP contribution in [0.3, 0.4) is 0 Å². The summed E-state index contributed by atoms with van der Waals surface area (Å²) < 4.78 is 5.47. The minimum atomic E-state index is -0.479. The van der Waals surface area contributed by atoms with Gasteiger partial charge in [0, 0.05) is 11.8 Å². The van der Waals surface area contributed by atoms with Crippen molar-refractivity contribution in [2.45, 2.75) is 5.92 Å². The standard InChI is InChI=1S/C28H23ClN2O3/c1-34-25-18-21(16-17-24(25)31-27(32)22-14-8-9-15-23(22)29)30-28(33)26(19-10-4-2-5-11-19)20-12-6-3-7-13-20/h2-18,26H,1H3,(H,30,33)(H,31,32). The average molecular weight is 471 g/mol. The van der Waals surface area contributed by atoms with Crippen LogP contribution in [0.15, 0.2) is 103 Å². The number of carbonyl (C=O) groups is 2. The van der Waals surface area contributed by atoms with Gasteiger partial charge in [-0.3, -0.25) is 9.59 Å². The number of anilines is 2. The predicted octanol–water partition coefficient (Wildman–Crippen LogP) is 6.37. The molecular formula is C28H23ClN2O3. The molecule has 2 amide bonds. The molecule has 0 heterocycles. The van der Waals surface area contributed by atoms with E-state index in [2.05, 4.69) is 10.6 Å². The molecule has 0 aromatic heterocycles. The third kappa shape index (κ3) is 5.27. The van der Waals surface area contributed by atoms with Crippen molar-refractivity contribution in [3.8, 4) is 5.75 Å². The first-order valence-electron chi connectivity index (χ1n) is 10.7. The molecule has 0 aliphatic carbocycles. The quantitative estimate of drug-likeness (QED) is 0.329. The third-order valence-electron chi connectivity index (χ3n) is 5.36. The van der Waals surface area contributed by atoms with Crippen molar-refractivity contribution in [2.75, 3.05) is 17.7 Å². The Morgan fingerprint density at radius 2 is 1.35 bits per heavy atom. The van der Waals surface area contributed by atoms with Gasteiger partial charge in [-0.05, 0) is 35.4 Å². The second-order valence-electron chi connectivity index (χ2n) is 7.59. The van der Waals surface area contributed by atoms with Crippen molar-refractivity contribution in [1.29, 1.82) is 0 Å². The fourth-order valence-corrected chi connectivity index (χ4v) is 3.93. The number of rotatable bonds is 7. The van der Waals surface area contributed by atoms with Gasteiger partial charge in [0.1, 0.15) is 5.75 Å². The van der Waals surface area contributed by atoms with Crippen LogP contribution in [0.2, 0.25) is 5.02 Å². The summed E-state index contributed by atoms with van der Waals surface area (Å²) in [6, 6.07) is 31.1. The van der Waals surface area contributed by atoms with Crippen molar-refractivity contribution in [3.63, 3.8) is 0 Å². The van der Waals surface area contributed by atoms with E-state index in [-0.39, 0.29) is 11.8 Å². The summed E-state index contributed by atoms with van der Waals surface area (Å²) in [5, 5.41) is 6.15. The highest BCUT2D eigenvalue weighted by molar-refractivity contribution is 6.34. The van der Waals surface area contributed by atoms with E-state index in [9.17, 15) is 9.59 Å².